The number of nitrogens with one attached hydrogen (secondary N) is 1. The maximum absolute atomic E-state index is 12.5. The maximum Gasteiger partial charge on any atom is 0.339 e. The Hall–Kier alpha value is -3.72. The van der Waals surface area contributed by atoms with Crippen molar-refractivity contribution in [1.82, 2.24) is 0 Å². The maximum atomic E-state index is 12.5. The largest absolute Gasteiger partial charge is 0.508 e. The second-order valence-electron chi connectivity index (χ2n) is 5.78. The molecular formula is C21H18N2O4. The Balaban J connectivity index is 2.34. The molecule has 0 aromatic heterocycles. The Morgan fingerprint density at radius 2 is 1.67 bits per heavy atom. The van der Waals surface area contributed by atoms with Crippen LogP contribution in [0.5, 0.6) is 0 Å². The number of esters is 1. The molecule has 0 amide bonds. The van der Waals surface area contributed by atoms with Crippen LogP contribution < -0.4 is 0 Å². The van der Waals surface area contributed by atoms with Crippen molar-refractivity contribution in [3.05, 3.63) is 71.0 Å². The molecule has 2 aromatic carbocycles. The lowest BCUT2D eigenvalue weighted by molar-refractivity contribution is -0.113. The Morgan fingerprint density at radius 3 is 2.26 bits per heavy atom. The first kappa shape index (κ1) is 19.6. The highest BCUT2D eigenvalue weighted by molar-refractivity contribution is 6.20. The van der Waals surface area contributed by atoms with Crippen LogP contribution in [0.2, 0.25) is 0 Å². The van der Waals surface area contributed by atoms with E-state index in [1.54, 1.807) is 48.5 Å². The Kier molecular flexibility index (Phi) is 6.23. The zero-order chi connectivity index (χ0) is 20.0. The number of aliphatic hydroxyl groups excluding tert-OH is 1. The molecule has 0 fully saturated rings. The number of ketones is 1. The first-order valence-electron chi connectivity index (χ1n) is 8.11. The lowest BCUT2D eigenvalue weighted by atomic mass is 9.96. The molecule has 0 bridgehead atoms. The monoisotopic (exact) mass is 362 g/mol. The van der Waals surface area contributed by atoms with Crippen LogP contribution in [0.25, 0.3) is 11.1 Å². The average molecular weight is 362 g/mol. The lowest BCUT2D eigenvalue weighted by Gasteiger charge is -2.12. The zero-order valence-electron chi connectivity index (χ0n) is 14.9. The van der Waals surface area contributed by atoms with Gasteiger partial charge in [0.2, 0.25) is 0 Å². The van der Waals surface area contributed by atoms with Crippen molar-refractivity contribution in [1.29, 1.82) is 10.7 Å². The predicted octanol–water partition coefficient (Wildman–Crippen LogP) is 3.82. The van der Waals surface area contributed by atoms with Crippen molar-refractivity contribution in [3.63, 3.8) is 0 Å². The quantitative estimate of drug-likeness (QED) is 0.351. The predicted molar refractivity (Wildman–Crippen MR) is 101 cm³/mol. The number of allylic oxidation sites excluding steroid dienone is 1. The fourth-order valence-corrected chi connectivity index (χ4v) is 2.68. The third kappa shape index (κ3) is 4.47. The highest BCUT2D eigenvalue weighted by Gasteiger charge is 2.18. The van der Waals surface area contributed by atoms with Gasteiger partial charge in [-0.05, 0) is 31.5 Å². The van der Waals surface area contributed by atoms with E-state index < -0.39 is 24.1 Å². The lowest BCUT2D eigenvalue weighted by Crippen LogP contribution is -2.15. The molecule has 0 radical (unpaired) electrons. The summed E-state index contributed by atoms with van der Waals surface area (Å²) in [5.41, 5.74) is 1.47. The van der Waals surface area contributed by atoms with Crippen molar-refractivity contribution in [2.75, 3.05) is 6.61 Å². The normalized spacial score (nSPS) is 11.1. The van der Waals surface area contributed by atoms with Crippen molar-refractivity contribution < 1.29 is 19.4 Å². The van der Waals surface area contributed by atoms with Crippen molar-refractivity contribution in [3.8, 4) is 17.2 Å². The van der Waals surface area contributed by atoms with Gasteiger partial charge < -0.3 is 15.3 Å². The van der Waals surface area contributed by atoms with Gasteiger partial charge in [0.25, 0.3) is 0 Å². The third-order valence-corrected chi connectivity index (χ3v) is 3.84. The fourth-order valence-electron chi connectivity index (χ4n) is 2.68. The van der Waals surface area contributed by atoms with Crippen LogP contribution in [-0.4, -0.2) is 29.2 Å². The van der Waals surface area contributed by atoms with Crippen molar-refractivity contribution in [2.24, 2.45) is 0 Å². The van der Waals surface area contributed by atoms with Crippen LogP contribution in [0.3, 0.4) is 0 Å². The Morgan fingerprint density at radius 1 is 1.07 bits per heavy atom. The second kappa shape index (κ2) is 8.59. The summed E-state index contributed by atoms with van der Waals surface area (Å²) in [7, 11) is 0. The molecule has 6 heteroatoms. The van der Waals surface area contributed by atoms with Gasteiger partial charge in [-0.25, -0.2) is 4.79 Å². The number of aliphatic hydroxyl groups is 1. The van der Waals surface area contributed by atoms with Crippen molar-refractivity contribution in [2.45, 2.75) is 13.8 Å². The van der Waals surface area contributed by atoms with Crippen LogP contribution in [0.15, 0.2) is 59.9 Å². The summed E-state index contributed by atoms with van der Waals surface area (Å²) < 4.78 is 5.13. The van der Waals surface area contributed by atoms with E-state index in [1.165, 1.54) is 13.8 Å². The highest BCUT2D eigenvalue weighted by atomic mass is 16.5. The minimum Gasteiger partial charge on any atom is -0.508 e. The van der Waals surface area contributed by atoms with E-state index in [0.29, 0.717) is 16.7 Å². The van der Waals surface area contributed by atoms with E-state index in [-0.39, 0.29) is 16.8 Å². The number of Topliss-reactive ketones (excluding diaryl/α,β-unsaturated/α-hetero) is 1. The van der Waals surface area contributed by atoms with E-state index in [2.05, 4.69) is 6.07 Å². The smallest absolute Gasteiger partial charge is 0.339 e. The van der Waals surface area contributed by atoms with Gasteiger partial charge in [-0.3, -0.25) is 4.79 Å². The molecule has 2 aromatic rings. The summed E-state index contributed by atoms with van der Waals surface area (Å²) >= 11 is 0. The van der Waals surface area contributed by atoms with Crippen LogP contribution >= 0.6 is 0 Å². The Labute approximate surface area is 156 Å². The number of hydrogen-bond acceptors (Lipinski definition) is 6. The van der Waals surface area contributed by atoms with Crippen LogP contribution in [0.4, 0.5) is 0 Å². The summed E-state index contributed by atoms with van der Waals surface area (Å²) in [4.78, 5) is 24.0. The second-order valence-corrected chi connectivity index (χ2v) is 5.78. The number of benzene rings is 2. The van der Waals surface area contributed by atoms with Gasteiger partial charge in [0, 0.05) is 11.3 Å². The van der Waals surface area contributed by atoms with Gasteiger partial charge in [0.05, 0.1) is 22.8 Å². The standard InChI is InChI=1S/C21H18N2O4/c1-13(23)20(14(2)24)19(25)12-27-21(26)18-10-6-5-9-17(18)16-8-4-3-7-15(16)11-22/h3-10,23,25H,12H2,1-2H3/b20-19-,23-13?. The number of carbonyl (C=O) groups excluding carboxylic acids is 2. The van der Waals surface area contributed by atoms with Gasteiger partial charge in [0.1, 0.15) is 12.4 Å². The molecule has 0 saturated carbocycles. The minimum atomic E-state index is -0.713. The molecule has 0 spiro atoms. The highest BCUT2D eigenvalue weighted by Crippen LogP contribution is 2.27. The molecule has 2 rings (SSSR count). The number of rotatable bonds is 6. The van der Waals surface area contributed by atoms with Crippen LogP contribution in [0, 0.1) is 16.7 Å². The van der Waals surface area contributed by atoms with Gasteiger partial charge in [-0.2, -0.15) is 5.26 Å². The fraction of sp³-hybridized carbons (Fsp3) is 0.143. The molecule has 136 valence electrons. The molecule has 0 heterocycles. The van der Waals surface area contributed by atoms with Crippen LogP contribution in [-0.2, 0) is 9.53 Å². The number of carbonyl (C=O) groups is 2. The summed E-state index contributed by atoms with van der Waals surface area (Å²) in [6, 6.07) is 15.6. The van der Waals surface area contributed by atoms with E-state index in [4.69, 9.17) is 10.1 Å². The molecule has 0 unspecified atom stereocenters. The molecule has 0 saturated heterocycles. The van der Waals surface area contributed by atoms with Crippen molar-refractivity contribution >= 4 is 17.5 Å². The third-order valence-electron chi connectivity index (χ3n) is 3.84. The zero-order valence-corrected chi connectivity index (χ0v) is 14.9. The molecule has 0 aliphatic carbocycles. The molecule has 0 atom stereocenters. The van der Waals surface area contributed by atoms with Gasteiger partial charge >= 0.3 is 5.97 Å². The summed E-state index contributed by atoms with van der Waals surface area (Å²) in [5.74, 6) is -1.67. The number of hydrogen-bond donors (Lipinski definition) is 2. The van der Waals surface area contributed by atoms with Gasteiger partial charge in [-0.15, -0.1) is 0 Å². The molecule has 27 heavy (non-hydrogen) atoms. The number of nitrogens with zero attached hydrogens (tertiary/aromatic N) is 1. The number of ether oxygens (including phenoxy) is 1. The van der Waals surface area contributed by atoms with Crippen LogP contribution in [0.1, 0.15) is 29.8 Å². The van der Waals surface area contributed by atoms with E-state index >= 15 is 0 Å². The van der Waals surface area contributed by atoms with Gasteiger partial charge in [0.15, 0.2) is 5.78 Å². The molecule has 0 aliphatic rings. The molecule has 6 nitrogen and oxygen atoms in total. The SMILES string of the molecule is CC(=N)/C(C(C)=O)=C(/O)COC(=O)c1ccccc1-c1ccccc1C#N. The number of nitriles is 1. The average Bonchev–Trinajstić information content (AvgIpc) is 2.65. The Bertz CT molecular complexity index is 968. The molecule has 0 aliphatic heterocycles. The first-order chi connectivity index (χ1) is 12.9. The summed E-state index contributed by atoms with van der Waals surface area (Å²) in [6.07, 6.45) is 0. The minimum absolute atomic E-state index is 0.112. The van der Waals surface area contributed by atoms with E-state index in [0.717, 1.165) is 0 Å². The van der Waals surface area contributed by atoms with E-state index in [9.17, 15) is 20.0 Å². The first-order valence-corrected chi connectivity index (χ1v) is 8.11. The van der Waals surface area contributed by atoms with Gasteiger partial charge in [-0.1, -0.05) is 36.4 Å². The topological polar surface area (TPSA) is 111 Å². The summed E-state index contributed by atoms with van der Waals surface area (Å²) in [5, 5.41) is 26.8. The van der Waals surface area contributed by atoms with E-state index in [1.807, 2.05) is 0 Å². The molecule has 2 N–H and O–H groups in total. The molecular weight excluding hydrogens is 344 g/mol. The summed E-state index contributed by atoms with van der Waals surface area (Å²) in [6.45, 7) is 2.06.